The van der Waals surface area contributed by atoms with Gasteiger partial charge in [0.1, 0.15) is 6.04 Å². The van der Waals surface area contributed by atoms with Gasteiger partial charge >= 0.3 is 6.03 Å². The van der Waals surface area contributed by atoms with E-state index in [2.05, 4.69) is 41.9 Å². The van der Waals surface area contributed by atoms with Crippen molar-refractivity contribution in [2.45, 2.75) is 52.1 Å². The van der Waals surface area contributed by atoms with Gasteiger partial charge in [-0.3, -0.25) is 14.9 Å². The molecule has 6 nitrogen and oxygen atoms in total. The highest BCUT2D eigenvalue weighted by atomic mass is 16.2. The number of urea groups is 1. The van der Waals surface area contributed by atoms with E-state index in [-0.39, 0.29) is 24.3 Å². The smallest absolute Gasteiger partial charge is 0.322 e. The largest absolute Gasteiger partial charge is 0.350 e. The van der Waals surface area contributed by atoms with Crippen LogP contribution in [-0.2, 0) is 16.0 Å². The molecule has 1 fully saturated rings. The van der Waals surface area contributed by atoms with Crippen molar-refractivity contribution in [2.24, 2.45) is 5.92 Å². The van der Waals surface area contributed by atoms with Gasteiger partial charge in [0.2, 0.25) is 5.91 Å². The third-order valence-corrected chi connectivity index (χ3v) is 4.02. The van der Waals surface area contributed by atoms with Crippen molar-refractivity contribution in [3.63, 3.8) is 0 Å². The molecule has 1 aromatic rings. The van der Waals surface area contributed by atoms with Gasteiger partial charge in [0.25, 0.3) is 5.91 Å². The van der Waals surface area contributed by atoms with E-state index in [1.807, 2.05) is 19.1 Å². The SMILES string of the molecule is CC(C)Cc1ccc(C(C)NC(=O)CCC2NC(=O)NC2=O)cc1. The van der Waals surface area contributed by atoms with Crippen molar-refractivity contribution in [3.8, 4) is 0 Å². The molecule has 6 heteroatoms. The Balaban J connectivity index is 1.80. The van der Waals surface area contributed by atoms with Crippen molar-refractivity contribution in [2.75, 3.05) is 0 Å². The van der Waals surface area contributed by atoms with Gasteiger partial charge < -0.3 is 10.6 Å². The van der Waals surface area contributed by atoms with E-state index in [4.69, 9.17) is 0 Å². The molecule has 4 amide bonds. The molecule has 2 unspecified atom stereocenters. The van der Waals surface area contributed by atoms with Gasteiger partial charge in [0.15, 0.2) is 0 Å². The van der Waals surface area contributed by atoms with Crippen molar-refractivity contribution in [1.82, 2.24) is 16.0 Å². The minimum absolute atomic E-state index is 0.0994. The Hall–Kier alpha value is -2.37. The molecule has 0 aromatic heterocycles. The fraction of sp³-hybridized carbons (Fsp3) is 0.500. The Morgan fingerprint density at radius 1 is 1.17 bits per heavy atom. The Kier molecular flexibility index (Phi) is 5.95. The van der Waals surface area contributed by atoms with E-state index in [9.17, 15) is 14.4 Å². The zero-order valence-corrected chi connectivity index (χ0v) is 14.4. The Morgan fingerprint density at radius 3 is 2.38 bits per heavy atom. The van der Waals surface area contributed by atoms with Gasteiger partial charge in [-0.15, -0.1) is 0 Å². The van der Waals surface area contributed by atoms with Crippen molar-refractivity contribution in [1.29, 1.82) is 0 Å². The molecular formula is C18H25N3O3. The molecule has 1 aromatic carbocycles. The molecule has 1 aliphatic rings. The summed E-state index contributed by atoms with van der Waals surface area (Å²) in [6.07, 6.45) is 1.52. The fourth-order valence-electron chi connectivity index (χ4n) is 2.75. The molecule has 0 saturated carbocycles. The van der Waals surface area contributed by atoms with Crippen LogP contribution >= 0.6 is 0 Å². The number of hydrogen-bond acceptors (Lipinski definition) is 3. The number of rotatable bonds is 7. The van der Waals surface area contributed by atoms with Gasteiger partial charge in [-0.05, 0) is 36.8 Å². The summed E-state index contributed by atoms with van der Waals surface area (Å²) in [7, 11) is 0. The van der Waals surface area contributed by atoms with Gasteiger partial charge in [0.05, 0.1) is 6.04 Å². The highest BCUT2D eigenvalue weighted by Gasteiger charge is 2.29. The van der Waals surface area contributed by atoms with E-state index >= 15 is 0 Å². The molecular weight excluding hydrogens is 306 g/mol. The van der Waals surface area contributed by atoms with Crippen molar-refractivity contribution in [3.05, 3.63) is 35.4 Å². The first-order valence-electron chi connectivity index (χ1n) is 8.34. The average molecular weight is 331 g/mol. The Labute approximate surface area is 142 Å². The van der Waals surface area contributed by atoms with E-state index in [1.165, 1.54) is 5.56 Å². The van der Waals surface area contributed by atoms with E-state index in [0.29, 0.717) is 12.3 Å². The maximum Gasteiger partial charge on any atom is 0.322 e. The zero-order valence-electron chi connectivity index (χ0n) is 14.4. The summed E-state index contributed by atoms with van der Waals surface area (Å²) >= 11 is 0. The number of benzene rings is 1. The molecule has 0 aliphatic carbocycles. The second-order valence-corrected chi connectivity index (χ2v) is 6.68. The standard InChI is InChI=1S/C18H25N3O3/c1-11(2)10-13-4-6-14(7-5-13)12(3)19-16(22)9-8-15-17(23)21-18(24)20-15/h4-7,11-12,15H,8-10H2,1-3H3,(H,19,22)(H2,20,21,23,24). The summed E-state index contributed by atoms with van der Waals surface area (Å²) in [5.41, 5.74) is 2.33. The van der Waals surface area contributed by atoms with Gasteiger partial charge in [0, 0.05) is 6.42 Å². The van der Waals surface area contributed by atoms with Gasteiger partial charge in [-0.1, -0.05) is 38.1 Å². The van der Waals surface area contributed by atoms with Crippen molar-refractivity contribution >= 4 is 17.8 Å². The molecule has 1 saturated heterocycles. The maximum absolute atomic E-state index is 12.0. The molecule has 1 aliphatic heterocycles. The third-order valence-electron chi connectivity index (χ3n) is 4.02. The number of carbonyl (C=O) groups excluding carboxylic acids is 3. The van der Waals surface area contributed by atoms with Crippen LogP contribution in [0.15, 0.2) is 24.3 Å². The van der Waals surface area contributed by atoms with Crippen LogP contribution in [0, 0.1) is 5.92 Å². The Bertz CT molecular complexity index is 610. The van der Waals surface area contributed by atoms with E-state index in [1.54, 1.807) is 0 Å². The summed E-state index contributed by atoms with van der Waals surface area (Å²) < 4.78 is 0. The lowest BCUT2D eigenvalue weighted by Gasteiger charge is -2.16. The van der Waals surface area contributed by atoms with Gasteiger partial charge in [-0.25, -0.2) is 4.79 Å². The monoisotopic (exact) mass is 331 g/mol. The fourth-order valence-corrected chi connectivity index (χ4v) is 2.75. The van der Waals surface area contributed by atoms with Crippen LogP contribution in [0.2, 0.25) is 0 Å². The topological polar surface area (TPSA) is 87.3 Å². The number of hydrogen-bond donors (Lipinski definition) is 3. The molecule has 2 atom stereocenters. The van der Waals surface area contributed by atoms with Crippen molar-refractivity contribution < 1.29 is 14.4 Å². The van der Waals surface area contributed by atoms with Crippen LogP contribution in [0.3, 0.4) is 0 Å². The van der Waals surface area contributed by atoms with Crippen LogP contribution in [0.1, 0.15) is 50.8 Å². The molecule has 24 heavy (non-hydrogen) atoms. The van der Waals surface area contributed by atoms with Crippen LogP contribution in [0.25, 0.3) is 0 Å². The molecule has 0 spiro atoms. The minimum Gasteiger partial charge on any atom is -0.350 e. The van der Waals surface area contributed by atoms with Crippen LogP contribution in [0.4, 0.5) is 4.79 Å². The average Bonchev–Trinajstić information content (AvgIpc) is 2.83. The molecule has 130 valence electrons. The maximum atomic E-state index is 12.0. The second-order valence-electron chi connectivity index (χ2n) is 6.68. The quantitative estimate of drug-likeness (QED) is 0.668. The zero-order chi connectivity index (χ0) is 17.7. The lowest BCUT2D eigenvalue weighted by molar-refractivity contribution is -0.122. The van der Waals surface area contributed by atoms with Crippen LogP contribution in [-0.4, -0.2) is 23.9 Å². The summed E-state index contributed by atoms with van der Waals surface area (Å²) in [5.74, 6) is 0.102. The third kappa shape index (κ3) is 5.08. The first-order chi connectivity index (χ1) is 11.3. The number of imide groups is 1. The summed E-state index contributed by atoms with van der Waals surface area (Å²) in [6.45, 7) is 6.30. The van der Waals surface area contributed by atoms with Gasteiger partial charge in [-0.2, -0.15) is 0 Å². The lowest BCUT2D eigenvalue weighted by atomic mass is 10.00. The van der Waals surface area contributed by atoms with Crippen LogP contribution in [0.5, 0.6) is 0 Å². The lowest BCUT2D eigenvalue weighted by Crippen LogP contribution is -2.32. The first kappa shape index (κ1) is 18.0. The van der Waals surface area contributed by atoms with Crippen LogP contribution < -0.4 is 16.0 Å². The predicted octanol–water partition coefficient (Wildman–Crippen LogP) is 2.05. The summed E-state index contributed by atoms with van der Waals surface area (Å²) in [6, 6.07) is 7.04. The summed E-state index contributed by atoms with van der Waals surface area (Å²) in [4.78, 5) is 34.5. The highest BCUT2D eigenvalue weighted by molar-refractivity contribution is 6.04. The number of amides is 4. The first-order valence-corrected chi connectivity index (χ1v) is 8.34. The number of carbonyl (C=O) groups is 3. The van der Waals surface area contributed by atoms with E-state index in [0.717, 1.165) is 12.0 Å². The van der Waals surface area contributed by atoms with E-state index < -0.39 is 12.1 Å². The molecule has 1 heterocycles. The summed E-state index contributed by atoms with van der Waals surface area (Å²) in [5, 5.41) is 7.56. The number of nitrogens with one attached hydrogen (secondary N) is 3. The molecule has 0 bridgehead atoms. The highest BCUT2D eigenvalue weighted by Crippen LogP contribution is 2.16. The predicted molar refractivity (Wildman–Crippen MR) is 91.2 cm³/mol. The molecule has 3 N–H and O–H groups in total. The minimum atomic E-state index is -0.617. The Morgan fingerprint density at radius 2 is 1.83 bits per heavy atom. The normalized spacial score (nSPS) is 18.2. The molecule has 0 radical (unpaired) electrons. The second kappa shape index (κ2) is 7.95. The molecule has 2 rings (SSSR count).